The Balaban J connectivity index is 1.82. The number of nitrogen functional groups attached to an aromatic ring is 1. The lowest BCUT2D eigenvalue weighted by Gasteiger charge is -2.16. The number of fused-ring (bicyclic) bond motifs is 7. The third-order valence-corrected chi connectivity index (χ3v) is 7.10. The normalized spacial score (nSPS) is 11.8. The molecule has 6 aromatic rings. The molecule has 0 saturated heterocycles. The molecule has 0 aliphatic heterocycles. The van der Waals surface area contributed by atoms with Gasteiger partial charge >= 0.3 is 5.63 Å². The van der Waals surface area contributed by atoms with Crippen molar-refractivity contribution in [2.75, 3.05) is 20.0 Å². The molecule has 0 amide bonds. The second-order valence-corrected chi connectivity index (χ2v) is 10.5. The summed E-state index contributed by atoms with van der Waals surface area (Å²) in [6, 6.07) is 17.1. The van der Waals surface area contributed by atoms with Crippen molar-refractivity contribution < 1.29 is 23.4 Å². The molecule has 3 aromatic heterocycles. The van der Waals surface area contributed by atoms with Crippen LogP contribution < -0.4 is 30.3 Å². The highest BCUT2D eigenvalue weighted by atomic mass is 16.5. The van der Waals surface area contributed by atoms with Gasteiger partial charge in [0.1, 0.15) is 11.1 Å². The topological polar surface area (TPSA) is 97.6 Å². The van der Waals surface area contributed by atoms with Gasteiger partial charge in [0.2, 0.25) is 0 Å². The molecule has 0 radical (unpaired) electrons. The van der Waals surface area contributed by atoms with Crippen molar-refractivity contribution in [1.82, 2.24) is 4.40 Å². The van der Waals surface area contributed by atoms with E-state index in [0.717, 1.165) is 32.8 Å². The lowest BCUT2D eigenvalue weighted by molar-refractivity contribution is 0.230. The van der Waals surface area contributed by atoms with Crippen LogP contribution in [-0.4, -0.2) is 30.8 Å². The van der Waals surface area contributed by atoms with E-state index in [9.17, 15) is 4.79 Å². The fourth-order valence-corrected chi connectivity index (χ4v) is 5.52. The Morgan fingerprint density at radius 1 is 0.756 bits per heavy atom. The molecule has 3 aromatic carbocycles. The van der Waals surface area contributed by atoms with Gasteiger partial charge in [0, 0.05) is 45.1 Å². The second kappa shape index (κ2) is 9.96. The van der Waals surface area contributed by atoms with Crippen molar-refractivity contribution in [3.63, 3.8) is 0 Å². The van der Waals surface area contributed by atoms with E-state index in [-0.39, 0.29) is 12.2 Å². The SMILES string of the molecule is COc1cc(-c2c3c4cc(OC)c(OC(C)C)cc4oc(=O)c3n3ccc4c(N)cccc4c23)ccc1OC(C)C. The first-order valence-electron chi connectivity index (χ1n) is 13.5. The van der Waals surface area contributed by atoms with Crippen LogP contribution in [-0.2, 0) is 0 Å². The lowest BCUT2D eigenvalue weighted by atomic mass is 9.97. The lowest BCUT2D eigenvalue weighted by Crippen LogP contribution is -2.07. The number of benzene rings is 3. The van der Waals surface area contributed by atoms with Crippen LogP contribution in [0.4, 0.5) is 5.69 Å². The number of hydrogen-bond donors (Lipinski definition) is 1. The fourth-order valence-electron chi connectivity index (χ4n) is 5.52. The van der Waals surface area contributed by atoms with Gasteiger partial charge in [0.15, 0.2) is 23.0 Å². The van der Waals surface area contributed by atoms with Crippen LogP contribution in [0.1, 0.15) is 27.7 Å². The predicted octanol–water partition coefficient (Wildman–Crippen LogP) is 7.19. The van der Waals surface area contributed by atoms with E-state index in [1.807, 2.05) is 86.8 Å². The van der Waals surface area contributed by atoms with Gasteiger partial charge in [-0.3, -0.25) is 0 Å². The van der Waals surface area contributed by atoms with Crippen LogP contribution in [0.3, 0.4) is 0 Å². The first-order chi connectivity index (χ1) is 19.7. The van der Waals surface area contributed by atoms with Crippen LogP contribution in [0.5, 0.6) is 23.0 Å². The number of aromatic nitrogens is 1. The van der Waals surface area contributed by atoms with Crippen molar-refractivity contribution in [2.24, 2.45) is 0 Å². The van der Waals surface area contributed by atoms with Gasteiger partial charge in [0.25, 0.3) is 0 Å². The number of rotatable bonds is 7. The minimum Gasteiger partial charge on any atom is -0.493 e. The first-order valence-corrected chi connectivity index (χ1v) is 13.5. The quantitative estimate of drug-likeness (QED) is 0.165. The van der Waals surface area contributed by atoms with E-state index in [0.29, 0.717) is 45.2 Å². The van der Waals surface area contributed by atoms with Crippen LogP contribution in [0.2, 0.25) is 0 Å². The van der Waals surface area contributed by atoms with Crippen molar-refractivity contribution >= 4 is 43.8 Å². The van der Waals surface area contributed by atoms with Crippen molar-refractivity contribution in [3.05, 3.63) is 71.2 Å². The molecule has 0 aliphatic rings. The van der Waals surface area contributed by atoms with Gasteiger partial charge in [-0.15, -0.1) is 0 Å². The number of nitrogens with two attached hydrogens (primary N) is 1. The van der Waals surface area contributed by atoms with Crippen molar-refractivity contribution in [3.8, 4) is 34.1 Å². The zero-order chi connectivity index (χ0) is 29.0. The maximum atomic E-state index is 13.7. The highest BCUT2D eigenvalue weighted by Crippen LogP contribution is 2.45. The molecular formula is C33H32N2O6. The molecule has 0 bridgehead atoms. The van der Waals surface area contributed by atoms with E-state index in [2.05, 4.69) is 0 Å². The monoisotopic (exact) mass is 552 g/mol. The Morgan fingerprint density at radius 3 is 2.17 bits per heavy atom. The van der Waals surface area contributed by atoms with E-state index < -0.39 is 5.63 Å². The molecule has 2 N–H and O–H groups in total. The van der Waals surface area contributed by atoms with E-state index in [1.165, 1.54) is 0 Å². The molecule has 6 rings (SSSR count). The second-order valence-electron chi connectivity index (χ2n) is 10.5. The Kier molecular flexibility index (Phi) is 6.41. The fraction of sp³-hybridized carbons (Fsp3) is 0.242. The smallest absolute Gasteiger partial charge is 0.361 e. The van der Waals surface area contributed by atoms with Crippen molar-refractivity contribution in [1.29, 1.82) is 0 Å². The average Bonchev–Trinajstić information content (AvgIpc) is 3.29. The predicted molar refractivity (Wildman–Crippen MR) is 163 cm³/mol. The largest absolute Gasteiger partial charge is 0.493 e. The molecule has 0 aliphatic carbocycles. The van der Waals surface area contributed by atoms with Crippen LogP contribution in [0.25, 0.3) is 49.3 Å². The summed E-state index contributed by atoms with van der Waals surface area (Å²) >= 11 is 0. The summed E-state index contributed by atoms with van der Waals surface area (Å²) in [6.07, 6.45) is 1.74. The van der Waals surface area contributed by atoms with E-state index in [1.54, 1.807) is 20.3 Å². The molecule has 41 heavy (non-hydrogen) atoms. The number of anilines is 1. The molecular weight excluding hydrogens is 520 g/mol. The molecule has 8 nitrogen and oxygen atoms in total. The number of ether oxygens (including phenoxy) is 4. The Hall–Kier alpha value is -4.85. The number of methoxy groups -OCH3 is 2. The molecule has 0 spiro atoms. The van der Waals surface area contributed by atoms with E-state index in [4.69, 9.17) is 29.1 Å². The molecule has 0 atom stereocenters. The number of pyridine rings is 1. The molecule has 3 heterocycles. The van der Waals surface area contributed by atoms with Gasteiger partial charge < -0.3 is 33.5 Å². The summed E-state index contributed by atoms with van der Waals surface area (Å²) in [5, 5.41) is 3.22. The summed E-state index contributed by atoms with van der Waals surface area (Å²) in [5.41, 5.74) is 9.89. The van der Waals surface area contributed by atoms with Gasteiger partial charge in [-0.2, -0.15) is 0 Å². The maximum Gasteiger partial charge on any atom is 0.361 e. The molecule has 0 fully saturated rings. The summed E-state index contributed by atoms with van der Waals surface area (Å²) in [5.74, 6) is 2.25. The van der Waals surface area contributed by atoms with Crippen LogP contribution in [0, 0.1) is 0 Å². The standard InChI is InChI=1S/C33H32N2O6/c1-17(2)39-24-11-10-19(14-26(24)37-5)29-30-22-15-27(38-6)28(40-18(3)4)16-25(22)41-33(36)32(30)35-13-12-20-21(31(29)35)8-7-9-23(20)34/h7-18H,34H2,1-6H3. The maximum absolute atomic E-state index is 13.7. The van der Waals surface area contributed by atoms with Gasteiger partial charge in [-0.25, -0.2) is 4.79 Å². The van der Waals surface area contributed by atoms with Gasteiger partial charge in [0.05, 0.1) is 31.9 Å². The summed E-state index contributed by atoms with van der Waals surface area (Å²) in [7, 11) is 3.21. The molecule has 0 saturated carbocycles. The Bertz CT molecular complexity index is 2020. The summed E-state index contributed by atoms with van der Waals surface area (Å²) < 4.78 is 31.2. The van der Waals surface area contributed by atoms with Crippen molar-refractivity contribution in [2.45, 2.75) is 39.9 Å². The summed E-state index contributed by atoms with van der Waals surface area (Å²) in [4.78, 5) is 13.7. The molecule has 0 unspecified atom stereocenters. The van der Waals surface area contributed by atoms with E-state index >= 15 is 0 Å². The van der Waals surface area contributed by atoms with Gasteiger partial charge in [-0.05, 0) is 63.6 Å². The Labute approximate surface area is 236 Å². The van der Waals surface area contributed by atoms with Crippen LogP contribution >= 0.6 is 0 Å². The number of nitrogens with zero attached hydrogens (tertiary/aromatic N) is 1. The Morgan fingerprint density at radius 2 is 1.46 bits per heavy atom. The molecule has 210 valence electrons. The minimum atomic E-state index is -0.468. The highest BCUT2D eigenvalue weighted by molar-refractivity contribution is 6.22. The zero-order valence-electron chi connectivity index (χ0n) is 23.9. The highest BCUT2D eigenvalue weighted by Gasteiger charge is 2.25. The average molecular weight is 553 g/mol. The van der Waals surface area contributed by atoms with Crippen LogP contribution in [0.15, 0.2) is 70.0 Å². The number of hydrogen-bond acceptors (Lipinski definition) is 7. The summed E-state index contributed by atoms with van der Waals surface area (Å²) in [6.45, 7) is 7.79. The first kappa shape index (κ1) is 26.4. The third kappa shape index (κ3) is 4.27. The van der Waals surface area contributed by atoms with Gasteiger partial charge in [-0.1, -0.05) is 18.2 Å². The molecule has 8 heteroatoms. The zero-order valence-corrected chi connectivity index (χ0v) is 23.9. The third-order valence-electron chi connectivity index (χ3n) is 7.10. The minimum absolute atomic E-state index is 0.0268.